The van der Waals surface area contributed by atoms with Crippen LogP contribution in [0.5, 0.6) is 0 Å². The fourth-order valence-corrected chi connectivity index (χ4v) is 3.95. The third-order valence-electron chi connectivity index (χ3n) is 5.43. The highest BCUT2D eigenvalue weighted by Gasteiger charge is 2.29. The molecule has 0 saturated carbocycles. The number of carboxylic acid groups (broad SMARTS) is 1. The number of hydrogen-bond donors (Lipinski definition) is 1. The van der Waals surface area contributed by atoms with E-state index in [1.165, 1.54) is 5.56 Å². The summed E-state index contributed by atoms with van der Waals surface area (Å²) in [6.07, 6.45) is 4.36. The SMILES string of the molecule is Cc1ccc(-n2ncc(C(=O)N3CCCC(CCC(=O)O)C3)c2C(C)C)cc1. The number of carbonyl (C=O) groups is 2. The van der Waals surface area contributed by atoms with Crippen LogP contribution in [0.15, 0.2) is 30.5 Å². The highest BCUT2D eigenvalue weighted by molar-refractivity contribution is 5.95. The summed E-state index contributed by atoms with van der Waals surface area (Å²) < 4.78 is 1.86. The van der Waals surface area contributed by atoms with E-state index in [0.29, 0.717) is 18.5 Å². The lowest BCUT2D eigenvalue weighted by Crippen LogP contribution is -2.40. The van der Waals surface area contributed by atoms with Crippen LogP contribution in [0, 0.1) is 12.8 Å². The van der Waals surface area contributed by atoms with Crippen molar-refractivity contribution in [1.29, 1.82) is 0 Å². The summed E-state index contributed by atoms with van der Waals surface area (Å²) in [5.74, 6) is -0.370. The number of rotatable bonds is 6. The first-order valence-electron chi connectivity index (χ1n) is 10.0. The van der Waals surface area contributed by atoms with E-state index in [4.69, 9.17) is 5.11 Å². The molecule has 3 rings (SSSR count). The van der Waals surface area contributed by atoms with Gasteiger partial charge in [0.2, 0.25) is 0 Å². The number of likely N-dealkylation sites (tertiary alicyclic amines) is 1. The van der Waals surface area contributed by atoms with Gasteiger partial charge in [-0.25, -0.2) is 4.68 Å². The number of amides is 1. The third kappa shape index (κ3) is 4.43. The average Bonchev–Trinajstić information content (AvgIpc) is 3.12. The molecule has 28 heavy (non-hydrogen) atoms. The molecule has 2 heterocycles. The second kappa shape index (κ2) is 8.59. The lowest BCUT2D eigenvalue weighted by Gasteiger charge is -2.32. The molecule has 6 heteroatoms. The monoisotopic (exact) mass is 383 g/mol. The molecule has 1 unspecified atom stereocenters. The molecule has 0 radical (unpaired) electrons. The number of piperidine rings is 1. The maximum atomic E-state index is 13.3. The van der Waals surface area contributed by atoms with E-state index in [1.807, 2.05) is 40.8 Å². The Labute approximate surface area is 166 Å². The Bertz CT molecular complexity index is 839. The highest BCUT2D eigenvalue weighted by Crippen LogP contribution is 2.27. The van der Waals surface area contributed by atoms with E-state index >= 15 is 0 Å². The molecule has 0 aliphatic carbocycles. The molecule has 1 N–H and O–H groups in total. The molecular formula is C22H29N3O3. The predicted molar refractivity (Wildman–Crippen MR) is 108 cm³/mol. The standard InChI is InChI=1S/C22H29N3O3/c1-15(2)21-19(13-23-25(21)18-9-6-16(3)7-10-18)22(28)24-12-4-5-17(14-24)8-11-20(26)27/h6-7,9-10,13,15,17H,4-5,8,11-12,14H2,1-3H3,(H,26,27). The zero-order valence-corrected chi connectivity index (χ0v) is 16.9. The first-order chi connectivity index (χ1) is 13.4. The summed E-state index contributed by atoms with van der Waals surface area (Å²) in [6, 6.07) is 8.12. The van der Waals surface area contributed by atoms with Crippen LogP contribution in [0.2, 0.25) is 0 Å². The number of aromatic nitrogens is 2. The van der Waals surface area contributed by atoms with Gasteiger partial charge in [-0.1, -0.05) is 31.5 Å². The fourth-order valence-electron chi connectivity index (χ4n) is 3.95. The number of aryl methyl sites for hydroxylation is 1. The van der Waals surface area contributed by atoms with E-state index in [9.17, 15) is 9.59 Å². The summed E-state index contributed by atoms with van der Waals surface area (Å²) in [5.41, 5.74) is 3.70. The zero-order chi connectivity index (χ0) is 20.3. The summed E-state index contributed by atoms with van der Waals surface area (Å²) in [4.78, 5) is 26.0. The first kappa shape index (κ1) is 20.1. The number of carboxylic acids is 1. The molecule has 2 aromatic rings. The molecule has 1 atom stereocenters. The van der Waals surface area contributed by atoms with Gasteiger partial charge < -0.3 is 10.0 Å². The number of hydrogen-bond acceptors (Lipinski definition) is 3. The lowest BCUT2D eigenvalue weighted by atomic mass is 9.92. The molecule has 1 aliphatic heterocycles. The minimum atomic E-state index is -0.773. The van der Waals surface area contributed by atoms with Gasteiger partial charge in [-0.3, -0.25) is 9.59 Å². The molecule has 1 aromatic carbocycles. The van der Waals surface area contributed by atoms with E-state index < -0.39 is 5.97 Å². The maximum Gasteiger partial charge on any atom is 0.303 e. The molecule has 1 amide bonds. The Balaban J connectivity index is 1.83. The molecule has 1 fully saturated rings. The average molecular weight is 383 g/mol. The van der Waals surface area contributed by atoms with Gasteiger partial charge in [0, 0.05) is 19.5 Å². The van der Waals surface area contributed by atoms with Gasteiger partial charge in [0.25, 0.3) is 5.91 Å². The number of carbonyl (C=O) groups excluding carboxylic acids is 1. The number of aliphatic carboxylic acids is 1. The van der Waals surface area contributed by atoms with Crippen molar-refractivity contribution in [1.82, 2.24) is 14.7 Å². The van der Waals surface area contributed by atoms with Crippen molar-refractivity contribution in [3.8, 4) is 5.69 Å². The van der Waals surface area contributed by atoms with Crippen LogP contribution in [0.4, 0.5) is 0 Å². The summed E-state index contributed by atoms with van der Waals surface area (Å²) in [5, 5.41) is 13.5. The van der Waals surface area contributed by atoms with Crippen LogP contribution < -0.4 is 0 Å². The smallest absolute Gasteiger partial charge is 0.303 e. The third-order valence-corrected chi connectivity index (χ3v) is 5.43. The van der Waals surface area contributed by atoms with Crippen molar-refractivity contribution in [3.05, 3.63) is 47.3 Å². The van der Waals surface area contributed by atoms with Crippen LogP contribution in [0.25, 0.3) is 5.69 Å². The molecular weight excluding hydrogens is 354 g/mol. The van der Waals surface area contributed by atoms with Gasteiger partial charge in [0.1, 0.15) is 0 Å². The van der Waals surface area contributed by atoms with Gasteiger partial charge in [-0.2, -0.15) is 5.10 Å². The Hall–Kier alpha value is -2.63. The van der Waals surface area contributed by atoms with E-state index in [-0.39, 0.29) is 24.2 Å². The second-order valence-corrected chi connectivity index (χ2v) is 8.04. The van der Waals surface area contributed by atoms with E-state index in [1.54, 1.807) is 6.20 Å². The van der Waals surface area contributed by atoms with Crippen molar-refractivity contribution >= 4 is 11.9 Å². The predicted octanol–water partition coefficient (Wildman–Crippen LogP) is 4.02. The normalized spacial score (nSPS) is 17.1. The van der Waals surface area contributed by atoms with Crippen LogP contribution in [0.3, 0.4) is 0 Å². The quantitative estimate of drug-likeness (QED) is 0.817. The largest absolute Gasteiger partial charge is 0.481 e. The first-order valence-corrected chi connectivity index (χ1v) is 10.0. The molecule has 150 valence electrons. The Morgan fingerprint density at radius 2 is 1.96 bits per heavy atom. The van der Waals surface area contributed by atoms with Gasteiger partial charge >= 0.3 is 5.97 Å². The molecule has 6 nitrogen and oxygen atoms in total. The van der Waals surface area contributed by atoms with E-state index in [0.717, 1.165) is 30.8 Å². The van der Waals surface area contributed by atoms with Crippen LogP contribution in [-0.2, 0) is 4.79 Å². The van der Waals surface area contributed by atoms with Gasteiger partial charge in [0.05, 0.1) is 23.1 Å². The van der Waals surface area contributed by atoms with Crippen molar-refractivity contribution in [3.63, 3.8) is 0 Å². The minimum Gasteiger partial charge on any atom is -0.481 e. The van der Waals surface area contributed by atoms with Crippen LogP contribution >= 0.6 is 0 Å². The fraction of sp³-hybridized carbons (Fsp3) is 0.500. The molecule has 0 spiro atoms. The molecule has 1 aliphatic rings. The Morgan fingerprint density at radius 1 is 1.25 bits per heavy atom. The van der Waals surface area contributed by atoms with Crippen molar-refractivity contribution in [2.75, 3.05) is 13.1 Å². The maximum absolute atomic E-state index is 13.3. The van der Waals surface area contributed by atoms with Crippen LogP contribution in [0.1, 0.15) is 67.1 Å². The minimum absolute atomic E-state index is 0.00193. The summed E-state index contributed by atoms with van der Waals surface area (Å²) in [6.45, 7) is 7.53. The van der Waals surface area contributed by atoms with Crippen molar-refractivity contribution in [2.24, 2.45) is 5.92 Å². The van der Waals surface area contributed by atoms with E-state index in [2.05, 4.69) is 18.9 Å². The van der Waals surface area contributed by atoms with Gasteiger partial charge in [0.15, 0.2) is 0 Å². The molecule has 0 bridgehead atoms. The van der Waals surface area contributed by atoms with Gasteiger partial charge in [-0.15, -0.1) is 0 Å². The van der Waals surface area contributed by atoms with Crippen molar-refractivity contribution < 1.29 is 14.7 Å². The summed E-state index contributed by atoms with van der Waals surface area (Å²) >= 11 is 0. The number of nitrogens with zero attached hydrogens (tertiary/aromatic N) is 3. The van der Waals surface area contributed by atoms with Crippen LogP contribution in [-0.4, -0.2) is 44.8 Å². The summed E-state index contributed by atoms with van der Waals surface area (Å²) in [7, 11) is 0. The molecule has 1 saturated heterocycles. The Kier molecular flexibility index (Phi) is 6.17. The number of benzene rings is 1. The van der Waals surface area contributed by atoms with Crippen molar-refractivity contribution in [2.45, 2.75) is 52.4 Å². The second-order valence-electron chi connectivity index (χ2n) is 8.04. The highest BCUT2D eigenvalue weighted by atomic mass is 16.4. The topological polar surface area (TPSA) is 75.4 Å². The lowest BCUT2D eigenvalue weighted by molar-refractivity contribution is -0.137. The Morgan fingerprint density at radius 3 is 2.61 bits per heavy atom. The molecule has 1 aromatic heterocycles. The van der Waals surface area contributed by atoms with Gasteiger partial charge in [-0.05, 0) is 50.2 Å². The zero-order valence-electron chi connectivity index (χ0n) is 16.9.